The third-order valence-corrected chi connectivity index (χ3v) is 4.87. The highest BCUT2D eigenvalue weighted by atomic mass is 35.5. The number of halogens is 1. The molecule has 1 amide bonds. The summed E-state index contributed by atoms with van der Waals surface area (Å²) in [5.74, 6) is 0.0705. The summed E-state index contributed by atoms with van der Waals surface area (Å²) in [6.07, 6.45) is 1.73. The Balaban J connectivity index is 1.49. The molecule has 0 radical (unpaired) electrons. The third-order valence-electron chi connectivity index (χ3n) is 4.63. The van der Waals surface area contributed by atoms with Gasteiger partial charge in [0, 0.05) is 16.1 Å². The van der Waals surface area contributed by atoms with Crippen LogP contribution in [0.5, 0.6) is 5.75 Å². The molecule has 1 aliphatic heterocycles. The van der Waals surface area contributed by atoms with E-state index >= 15 is 0 Å². The van der Waals surface area contributed by atoms with Crippen LogP contribution in [0.1, 0.15) is 36.0 Å². The van der Waals surface area contributed by atoms with Crippen LogP contribution in [0.2, 0.25) is 5.02 Å². The molecule has 0 aromatic heterocycles. The van der Waals surface area contributed by atoms with Gasteiger partial charge in [0.1, 0.15) is 5.75 Å². The number of rotatable bonds is 2. The summed E-state index contributed by atoms with van der Waals surface area (Å²) in [5, 5.41) is 3.48. The fourth-order valence-corrected chi connectivity index (χ4v) is 3.96. The van der Waals surface area contributed by atoms with E-state index in [2.05, 4.69) is 5.32 Å². The molecule has 1 atom stereocenters. The van der Waals surface area contributed by atoms with E-state index in [4.69, 9.17) is 22.1 Å². The molecule has 5 rings (SSSR count). The zero-order valence-corrected chi connectivity index (χ0v) is 12.1. The van der Waals surface area contributed by atoms with Crippen molar-refractivity contribution in [2.45, 2.75) is 42.9 Å². The zero-order chi connectivity index (χ0) is 14.8. The van der Waals surface area contributed by atoms with Crippen molar-refractivity contribution in [3.8, 4) is 5.75 Å². The Bertz CT molecular complexity index is 653. The molecule has 1 heterocycles. The number of hydrogen-bond acceptors (Lipinski definition) is 4. The van der Waals surface area contributed by atoms with E-state index in [0.717, 1.165) is 19.3 Å². The highest BCUT2D eigenvalue weighted by Crippen LogP contribution is 2.58. The molecule has 6 heteroatoms. The molecule has 3 aliphatic carbocycles. The highest BCUT2D eigenvalue weighted by Gasteiger charge is 2.66. The molecule has 3 saturated carbocycles. The van der Waals surface area contributed by atoms with Gasteiger partial charge in [-0.15, -0.1) is 0 Å². The molecule has 5 nitrogen and oxygen atoms in total. The maximum absolute atomic E-state index is 12.3. The fraction of sp³-hybridized carbons (Fsp3) is 0.467. The minimum atomic E-state index is -0.770. The van der Waals surface area contributed by atoms with Gasteiger partial charge in [0.05, 0.1) is 12.0 Å². The largest absolute Gasteiger partial charge is 0.479 e. The van der Waals surface area contributed by atoms with Crippen molar-refractivity contribution in [1.82, 2.24) is 5.32 Å². The lowest BCUT2D eigenvalue weighted by atomic mass is 9.44. The molecule has 0 unspecified atom stereocenters. The number of carbonyl (C=O) groups excluding carboxylic acids is 2. The molecular weight excluding hydrogens is 292 g/mol. The van der Waals surface area contributed by atoms with Crippen molar-refractivity contribution in [1.29, 1.82) is 0 Å². The SMILES string of the molecule is NC12CC(NC(=O)[C@H]3CC(=O)c4cc(Cl)ccc4O3)(C1)C2. The molecule has 2 bridgehead atoms. The Hall–Kier alpha value is -1.59. The van der Waals surface area contributed by atoms with Crippen LogP contribution in [0.4, 0.5) is 0 Å². The second-order valence-electron chi connectivity index (χ2n) is 6.54. The van der Waals surface area contributed by atoms with Gasteiger partial charge in [0.2, 0.25) is 0 Å². The van der Waals surface area contributed by atoms with Crippen LogP contribution < -0.4 is 15.8 Å². The molecule has 3 fully saturated rings. The number of amides is 1. The number of ether oxygens (including phenoxy) is 1. The lowest BCUT2D eigenvalue weighted by Gasteiger charge is -2.68. The van der Waals surface area contributed by atoms with E-state index in [9.17, 15) is 9.59 Å². The van der Waals surface area contributed by atoms with E-state index in [1.165, 1.54) is 0 Å². The van der Waals surface area contributed by atoms with Crippen LogP contribution >= 0.6 is 11.6 Å². The number of nitrogens with two attached hydrogens (primary N) is 1. The molecule has 110 valence electrons. The first-order valence-corrected chi connectivity index (χ1v) is 7.36. The number of nitrogens with one attached hydrogen (secondary N) is 1. The van der Waals surface area contributed by atoms with Gasteiger partial charge >= 0.3 is 0 Å². The number of fused-ring (bicyclic) bond motifs is 1. The van der Waals surface area contributed by atoms with Gasteiger partial charge in [0.25, 0.3) is 5.91 Å². The Morgan fingerprint density at radius 1 is 1.38 bits per heavy atom. The average Bonchev–Trinajstić information content (AvgIpc) is 2.36. The van der Waals surface area contributed by atoms with Crippen molar-refractivity contribution < 1.29 is 14.3 Å². The van der Waals surface area contributed by atoms with Gasteiger partial charge < -0.3 is 15.8 Å². The minimum absolute atomic E-state index is 0.0447. The van der Waals surface area contributed by atoms with E-state index in [1.807, 2.05) is 0 Å². The standard InChI is InChI=1S/C15H15ClN2O3/c16-8-1-2-11-9(3-8)10(19)4-12(21-11)13(20)18-15-5-14(17,6-15)7-15/h1-3,12H,4-7,17H2,(H,18,20)/t12-,14?,15?/m1/s1. The van der Waals surface area contributed by atoms with E-state index in [1.54, 1.807) is 18.2 Å². The summed E-state index contributed by atoms with van der Waals surface area (Å²) in [7, 11) is 0. The number of benzene rings is 1. The maximum Gasteiger partial charge on any atom is 0.261 e. The predicted molar refractivity (Wildman–Crippen MR) is 76.5 cm³/mol. The van der Waals surface area contributed by atoms with Gasteiger partial charge in [-0.2, -0.15) is 0 Å². The van der Waals surface area contributed by atoms with Gasteiger partial charge in [-0.05, 0) is 37.5 Å². The van der Waals surface area contributed by atoms with E-state index < -0.39 is 6.10 Å². The van der Waals surface area contributed by atoms with E-state index in [-0.39, 0.29) is 29.2 Å². The van der Waals surface area contributed by atoms with Crippen LogP contribution in [0.15, 0.2) is 18.2 Å². The van der Waals surface area contributed by atoms with Gasteiger partial charge in [-0.1, -0.05) is 11.6 Å². The zero-order valence-electron chi connectivity index (χ0n) is 11.3. The molecular formula is C15H15ClN2O3. The first kappa shape index (κ1) is 13.1. The van der Waals surface area contributed by atoms with Crippen LogP contribution in [-0.4, -0.2) is 28.9 Å². The minimum Gasteiger partial charge on any atom is -0.479 e. The molecule has 4 aliphatic rings. The highest BCUT2D eigenvalue weighted by molar-refractivity contribution is 6.31. The van der Waals surface area contributed by atoms with Crippen molar-refractivity contribution >= 4 is 23.3 Å². The summed E-state index contributed by atoms with van der Waals surface area (Å²) >= 11 is 5.87. The molecule has 0 saturated heterocycles. The number of Topliss-reactive ketones (excluding diaryl/α,β-unsaturated/α-hetero) is 1. The fourth-order valence-electron chi connectivity index (χ4n) is 3.78. The Morgan fingerprint density at radius 3 is 2.76 bits per heavy atom. The van der Waals surface area contributed by atoms with Crippen molar-refractivity contribution in [2.24, 2.45) is 5.73 Å². The lowest BCUT2D eigenvalue weighted by molar-refractivity contribution is -0.142. The molecule has 0 spiro atoms. The molecule has 3 N–H and O–H groups in total. The number of ketones is 1. The van der Waals surface area contributed by atoms with Crippen molar-refractivity contribution in [2.75, 3.05) is 0 Å². The first-order valence-electron chi connectivity index (χ1n) is 6.99. The smallest absolute Gasteiger partial charge is 0.261 e. The monoisotopic (exact) mass is 306 g/mol. The Labute approximate surface area is 126 Å². The maximum atomic E-state index is 12.3. The number of carbonyl (C=O) groups is 2. The third kappa shape index (κ3) is 1.95. The van der Waals surface area contributed by atoms with E-state index in [0.29, 0.717) is 16.3 Å². The summed E-state index contributed by atoms with van der Waals surface area (Å²) in [6.45, 7) is 0. The van der Waals surface area contributed by atoms with Gasteiger partial charge in [0.15, 0.2) is 11.9 Å². The topological polar surface area (TPSA) is 81.4 Å². The quantitative estimate of drug-likeness (QED) is 0.866. The van der Waals surface area contributed by atoms with Gasteiger partial charge in [-0.25, -0.2) is 0 Å². The van der Waals surface area contributed by atoms with Gasteiger partial charge in [-0.3, -0.25) is 9.59 Å². The normalized spacial score (nSPS) is 35.9. The molecule has 1 aromatic rings. The van der Waals surface area contributed by atoms with Crippen LogP contribution in [0.3, 0.4) is 0 Å². The molecule has 21 heavy (non-hydrogen) atoms. The van der Waals surface area contributed by atoms with Crippen molar-refractivity contribution in [3.05, 3.63) is 28.8 Å². The van der Waals surface area contributed by atoms with Crippen LogP contribution in [-0.2, 0) is 4.79 Å². The molecule has 1 aromatic carbocycles. The first-order chi connectivity index (χ1) is 9.88. The van der Waals surface area contributed by atoms with Crippen molar-refractivity contribution in [3.63, 3.8) is 0 Å². The van der Waals surface area contributed by atoms with Crippen LogP contribution in [0, 0.1) is 0 Å². The second kappa shape index (κ2) is 3.99. The lowest BCUT2D eigenvalue weighted by Crippen LogP contribution is -2.82. The summed E-state index contributed by atoms with van der Waals surface area (Å²) in [5.41, 5.74) is 6.20. The Morgan fingerprint density at radius 2 is 2.10 bits per heavy atom. The average molecular weight is 307 g/mol. The number of hydrogen-bond donors (Lipinski definition) is 2. The summed E-state index contributed by atoms with van der Waals surface area (Å²) in [6, 6.07) is 4.85. The summed E-state index contributed by atoms with van der Waals surface area (Å²) < 4.78 is 5.65. The predicted octanol–water partition coefficient (Wildman–Crippen LogP) is 1.42. The second-order valence-corrected chi connectivity index (χ2v) is 6.97. The van der Waals surface area contributed by atoms with Crippen LogP contribution in [0.25, 0.3) is 0 Å². The Kier molecular flexibility index (Phi) is 2.49. The summed E-state index contributed by atoms with van der Waals surface area (Å²) in [4.78, 5) is 24.4.